The fourth-order valence-corrected chi connectivity index (χ4v) is 3.15. The third-order valence-corrected chi connectivity index (χ3v) is 4.21. The molecule has 0 saturated carbocycles. The van der Waals surface area contributed by atoms with Crippen molar-refractivity contribution in [1.82, 2.24) is 0 Å². The molecule has 0 unspecified atom stereocenters. The fourth-order valence-electron chi connectivity index (χ4n) is 1.93. The van der Waals surface area contributed by atoms with Crippen LogP contribution in [0.25, 0.3) is 11.0 Å². The van der Waals surface area contributed by atoms with E-state index < -0.39 is 0 Å². The van der Waals surface area contributed by atoms with E-state index in [1.807, 2.05) is 41.8 Å². The summed E-state index contributed by atoms with van der Waals surface area (Å²) < 4.78 is 5.70. The van der Waals surface area contributed by atoms with E-state index in [0.717, 1.165) is 16.5 Å². The monoisotopic (exact) mass is 320 g/mol. The normalized spacial score (nSPS) is 10.9. The number of rotatable bonds is 3. The van der Waals surface area contributed by atoms with Crippen LogP contribution in [0.1, 0.15) is 21.0 Å². The van der Waals surface area contributed by atoms with E-state index >= 15 is 0 Å². The van der Waals surface area contributed by atoms with Crippen molar-refractivity contribution >= 4 is 44.0 Å². The van der Waals surface area contributed by atoms with Crippen LogP contribution in [0, 0.1) is 0 Å². The van der Waals surface area contributed by atoms with Crippen LogP contribution in [0.5, 0.6) is 0 Å². The summed E-state index contributed by atoms with van der Waals surface area (Å²) in [6.45, 7) is 0. The van der Waals surface area contributed by atoms with E-state index in [1.54, 1.807) is 0 Å². The van der Waals surface area contributed by atoms with Gasteiger partial charge in [-0.15, -0.1) is 11.3 Å². The molecule has 0 spiro atoms. The second kappa shape index (κ2) is 4.71. The quantitative estimate of drug-likeness (QED) is 0.520. The summed E-state index contributed by atoms with van der Waals surface area (Å²) in [4.78, 5) is 13.1. The second-order valence-corrected chi connectivity index (χ2v) is 5.35. The van der Waals surface area contributed by atoms with Gasteiger partial charge in [-0.3, -0.25) is 4.79 Å². The molecule has 1 aromatic carbocycles. The van der Waals surface area contributed by atoms with Gasteiger partial charge in [0.05, 0.1) is 4.88 Å². The fraction of sp³-hybridized carbons (Fsp3) is 0.0714. The molecule has 2 heterocycles. The lowest BCUT2D eigenvalue weighted by molar-refractivity contribution is 0.101. The Kier molecular flexibility index (Phi) is 3.06. The lowest BCUT2D eigenvalue weighted by atomic mass is 10.1. The number of fused-ring (bicyclic) bond motifs is 1. The number of furan rings is 1. The number of benzene rings is 1. The minimum absolute atomic E-state index is 0.0457. The van der Waals surface area contributed by atoms with Crippen molar-refractivity contribution in [3.05, 3.63) is 58.0 Å². The highest BCUT2D eigenvalue weighted by Gasteiger charge is 2.21. The van der Waals surface area contributed by atoms with Gasteiger partial charge in [0.25, 0.3) is 0 Å². The van der Waals surface area contributed by atoms with E-state index in [9.17, 15) is 4.79 Å². The third-order valence-electron chi connectivity index (χ3n) is 2.78. The van der Waals surface area contributed by atoms with Gasteiger partial charge < -0.3 is 4.42 Å². The Morgan fingerprint density at radius 3 is 2.78 bits per heavy atom. The number of thiophene rings is 1. The summed E-state index contributed by atoms with van der Waals surface area (Å²) in [5.41, 5.74) is 1.68. The van der Waals surface area contributed by atoms with E-state index in [-0.39, 0.29) is 5.78 Å². The molecule has 90 valence electrons. The van der Waals surface area contributed by atoms with Gasteiger partial charge in [-0.1, -0.05) is 40.2 Å². The van der Waals surface area contributed by atoms with Crippen LogP contribution in [0.2, 0.25) is 0 Å². The molecule has 2 nitrogen and oxygen atoms in total. The van der Waals surface area contributed by atoms with E-state index in [2.05, 4.69) is 15.9 Å². The largest absolute Gasteiger partial charge is 0.452 e. The third kappa shape index (κ3) is 1.82. The van der Waals surface area contributed by atoms with Crippen LogP contribution in [-0.4, -0.2) is 5.78 Å². The number of para-hydroxylation sites is 1. The molecule has 0 aliphatic heterocycles. The van der Waals surface area contributed by atoms with Crippen molar-refractivity contribution in [2.75, 3.05) is 0 Å². The van der Waals surface area contributed by atoms with Gasteiger partial charge in [-0.25, -0.2) is 0 Å². The first-order valence-electron chi connectivity index (χ1n) is 5.46. The first kappa shape index (κ1) is 11.7. The van der Waals surface area contributed by atoms with Crippen molar-refractivity contribution < 1.29 is 9.21 Å². The number of alkyl halides is 1. The highest BCUT2D eigenvalue weighted by Crippen LogP contribution is 2.30. The molecule has 0 aliphatic carbocycles. The van der Waals surface area contributed by atoms with Crippen molar-refractivity contribution in [2.24, 2.45) is 0 Å². The Hall–Kier alpha value is -1.39. The van der Waals surface area contributed by atoms with Gasteiger partial charge >= 0.3 is 0 Å². The first-order chi connectivity index (χ1) is 8.81. The Morgan fingerprint density at radius 1 is 1.22 bits per heavy atom. The van der Waals surface area contributed by atoms with Crippen LogP contribution >= 0.6 is 27.3 Å². The maximum atomic E-state index is 12.4. The summed E-state index contributed by atoms with van der Waals surface area (Å²) in [6, 6.07) is 11.4. The Balaban J connectivity index is 2.20. The first-order valence-corrected chi connectivity index (χ1v) is 7.46. The van der Waals surface area contributed by atoms with Crippen LogP contribution in [0.15, 0.2) is 46.2 Å². The van der Waals surface area contributed by atoms with Crippen LogP contribution in [0.3, 0.4) is 0 Å². The smallest absolute Gasteiger partial charge is 0.238 e. The van der Waals surface area contributed by atoms with Crippen LogP contribution < -0.4 is 0 Å². The number of hydrogen-bond acceptors (Lipinski definition) is 3. The molecule has 0 saturated heterocycles. The van der Waals surface area contributed by atoms with E-state index in [1.165, 1.54) is 11.3 Å². The van der Waals surface area contributed by atoms with Crippen molar-refractivity contribution in [1.29, 1.82) is 0 Å². The average Bonchev–Trinajstić information content (AvgIpc) is 3.04. The zero-order valence-corrected chi connectivity index (χ0v) is 11.8. The highest BCUT2D eigenvalue weighted by atomic mass is 79.9. The van der Waals surface area contributed by atoms with E-state index in [0.29, 0.717) is 16.0 Å². The summed E-state index contributed by atoms with van der Waals surface area (Å²) in [7, 11) is 0. The molecule has 2 aromatic heterocycles. The van der Waals surface area contributed by atoms with Gasteiger partial charge in [0.15, 0.2) is 5.76 Å². The Morgan fingerprint density at radius 2 is 2.06 bits per heavy atom. The molecular formula is C14H9BrO2S. The number of carbonyl (C=O) groups is 1. The Bertz CT molecular complexity index is 698. The molecule has 3 aromatic rings. The van der Waals surface area contributed by atoms with Crippen LogP contribution in [0.4, 0.5) is 0 Å². The zero-order chi connectivity index (χ0) is 12.5. The predicted molar refractivity (Wildman–Crippen MR) is 76.6 cm³/mol. The summed E-state index contributed by atoms with van der Waals surface area (Å²) in [5.74, 6) is 0.395. The van der Waals surface area contributed by atoms with E-state index in [4.69, 9.17) is 4.42 Å². The lowest BCUT2D eigenvalue weighted by Gasteiger charge is -1.96. The van der Waals surface area contributed by atoms with Crippen molar-refractivity contribution in [3.63, 3.8) is 0 Å². The molecular weight excluding hydrogens is 312 g/mol. The number of ketones is 1. The number of hydrogen-bond donors (Lipinski definition) is 0. The minimum Gasteiger partial charge on any atom is -0.452 e. The highest BCUT2D eigenvalue weighted by molar-refractivity contribution is 9.08. The lowest BCUT2D eigenvalue weighted by Crippen LogP contribution is -1.99. The van der Waals surface area contributed by atoms with Crippen LogP contribution in [-0.2, 0) is 5.33 Å². The average molecular weight is 321 g/mol. The zero-order valence-electron chi connectivity index (χ0n) is 9.35. The molecule has 0 N–H and O–H groups in total. The molecule has 0 bridgehead atoms. The van der Waals surface area contributed by atoms with Gasteiger partial charge in [0, 0.05) is 16.3 Å². The number of halogens is 1. The second-order valence-electron chi connectivity index (χ2n) is 3.85. The topological polar surface area (TPSA) is 30.2 Å². The standard InChI is InChI=1S/C14H9BrO2S/c15-8-10-9-4-1-2-5-11(9)17-14(10)13(16)12-6-3-7-18-12/h1-7H,8H2. The van der Waals surface area contributed by atoms with Gasteiger partial charge in [0.1, 0.15) is 5.58 Å². The summed E-state index contributed by atoms with van der Waals surface area (Å²) in [6.07, 6.45) is 0. The van der Waals surface area contributed by atoms with Crippen molar-refractivity contribution in [2.45, 2.75) is 5.33 Å². The van der Waals surface area contributed by atoms with Crippen molar-refractivity contribution in [3.8, 4) is 0 Å². The molecule has 3 rings (SSSR count). The molecule has 0 fully saturated rings. The molecule has 0 radical (unpaired) electrons. The van der Waals surface area contributed by atoms with Gasteiger partial charge in [-0.05, 0) is 17.5 Å². The molecule has 0 atom stereocenters. The molecule has 0 amide bonds. The molecule has 4 heteroatoms. The van der Waals surface area contributed by atoms with Gasteiger partial charge in [0.2, 0.25) is 5.78 Å². The predicted octanol–water partition coefficient (Wildman–Crippen LogP) is 4.62. The SMILES string of the molecule is O=C(c1cccs1)c1oc2ccccc2c1CBr. The summed E-state index contributed by atoms with van der Waals surface area (Å²) in [5, 5.41) is 3.49. The maximum absolute atomic E-state index is 12.4. The van der Waals surface area contributed by atoms with Gasteiger partial charge in [-0.2, -0.15) is 0 Å². The molecule has 18 heavy (non-hydrogen) atoms. The molecule has 0 aliphatic rings. The summed E-state index contributed by atoms with van der Waals surface area (Å²) >= 11 is 4.86. The Labute approximate surface area is 116 Å². The maximum Gasteiger partial charge on any atom is 0.238 e. The number of carbonyl (C=O) groups excluding carboxylic acids is 1. The minimum atomic E-state index is -0.0457.